The molecule has 0 aliphatic rings. The lowest BCUT2D eigenvalue weighted by Crippen LogP contribution is -2.12. The second-order valence-corrected chi connectivity index (χ2v) is 4.61. The van der Waals surface area contributed by atoms with Crippen molar-refractivity contribution in [1.29, 1.82) is 0 Å². The van der Waals surface area contributed by atoms with Crippen molar-refractivity contribution in [1.82, 2.24) is 0 Å². The van der Waals surface area contributed by atoms with Gasteiger partial charge < -0.3 is 9.47 Å². The van der Waals surface area contributed by atoms with Crippen molar-refractivity contribution in [2.75, 3.05) is 26.1 Å². The summed E-state index contributed by atoms with van der Waals surface area (Å²) in [4.78, 5) is 0. The SMILES string of the molecule is CCOC(C)OCC#CCCOS(C)(=O)=O. The first-order chi connectivity index (χ1) is 7.45. The monoisotopic (exact) mass is 250 g/mol. The van der Waals surface area contributed by atoms with Crippen LogP contribution in [0.3, 0.4) is 0 Å². The Bertz CT molecular complexity index is 325. The van der Waals surface area contributed by atoms with Crippen LogP contribution in [-0.4, -0.2) is 40.8 Å². The molecule has 0 radical (unpaired) electrons. The third-order valence-corrected chi connectivity index (χ3v) is 2.04. The summed E-state index contributed by atoms with van der Waals surface area (Å²) in [6, 6.07) is 0. The van der Waals surface area contributed by atoms with E-state index in [4.69, 9.17) is 9.47 Å². The zero-order chi connectivity index (χ0) is 12.4. The van der Waals surface area contributed by atoms with Crippen molar-refractivity contribution in [3.63, 3.8) is 0 Å². The Morgan fingerprint density at radius 3 is 2.50 bits per heavy atom. The largest absolute Gasteiger partial charge is 0.353 e. The van der Waals surface area contributed by atoms with Gasteiger partial charge in [-0.05, 0) is 13.8 Å². The molecule has 0 aromatic carbocycles. The minimum atomic E-state index is -3.36. The van der Waals surface area contributed by atoms with Gasteiger partial charge in [-0.25, -0.2) is 0 Å². The highest BCUT2D eigenvalue weighted by Crippen LogP contribution is 1.92. The van der Waals surface area contributed by atoms with Crippen LogP contribution in [0.2, 0.25) is 0 Å². The molecule has 0 aliphatic carbocycles. The van der Waals surface area contributed by atoms with E-state index in [0.29, 0.717) is 13.0 Å². The molecule has 0 aromatic heterocycles. The van der Waals surface area contributed by atoms with Crippen molar-refractivity contribution in [3.8, 4) is 11.8 Å². The summed E-state index contributed by atoms with van der Waals surface area (Å²) in [5, 5.41) is 0. The fourth-order valence-corrected chi connectivity index (χ4v) is 1.21. The van der Waals surface area contributed by atoms with E-state index < -0.39 is 10.1 Å². The quantitative estimate of drug-likeness (QED) is 0.289. The van der Waals surface area contributed by atoms with Gasteiger partial charge in [-0.1, -0.05) is 11.8 Å². The Balaban J connectivity index is 3.49. The van der Waals surface area contributed by atoms with E-state index in [0.717, 1.165) is 6.26 Å². The second kappa shape index (κ2) is 8.53. The average molecular weight is 250 g/mol. The van der Waals surface area contributed by atoms with Crippen LogP contribution in [0.15, 0.2) is 0 Å². The maximum Gasteiger partial charge on any atom is 0.264 e. The zero-order valence-electron chi connectivity index (χ0n) is 9.86. The summed E-state index contributed by atoms with van der Waals surface area (Å²) in [7, 11) is -3.36. The molecule has 0 aromatic rings. The highest BCUT2D eigenvalue weighted by molar-refractivity contribution is 7.85. The topological polar surface area (TPSA) is 61.8 Å². The first-order valence-corrected chi connectivity index (χ1v) is 6.80. The second-order valence-electron chi connectivity index (χ2n) is 2.96. The minimum Gasteiger partial charge on any atom is -0.353 e. The van der Waals surface area contributed by atoms with Gasteiger partial charge in [0.15, 0.2) is 6.29 Å². The van der Waals surface area contributed by atoms with Crippen LogP contribution in [0.5, 0.6) is 0 Å². The molecule has 0 amide bonds. The number of rotatable bonds is 7. The average Bonchev–Trinajstić information content (AvgIpc) is 2.15. The van der Waals surface area contributed by atoms with E-state index in [1.807, 2.05) is 6.92 Å². The number of ether oxygens (including phenoxy) is 2. The van der Waals surface area contributed by atoms with Crippen LogP contribution < -0.4 is 0 Å². The molecule has 94 valence electrons. The summed E-state index contributed by atoms with van der Waals surface area (Å²) in [5.74, 6) is 5.47. The Morgan fingerprint density at radius 2 is 1.94 bits per heavy atom. The molecule has 5 nitrogen and oxygen atoms in total. The van der Waals surface area contributed by atoms with Gasteiger partial charge in [0.2, 0.25) is 0 Å². The van der Waals surface area contributed by atoms with E-state index in [1.165, 1.54) is 0 Å². The molecule has 0 spiro atoms. The summed E-state index contributed by atoms with van der Waals surface area (Å²) in [6.45, 7) is 4.61. The lowest BCUT2D eigenvalue weighted by Gasteiger charge is -2.09. The van der Waals surface area contributed by atoms with Crippen LogP contribution in [0.4, 0.5) is 0 Å². The summed E-state index contributed by atoms with van der Waals surface area (Å²) in [6.07, 6.45) is 1.10. The molecule has 0 aliphatic heterocycles. The maximum atomic E-state index is 10.6. The minimum absolute atomic E-state index is 0.0762. The zero-order valence-corrected chi connectivity index (χ0v) is 10.7. The number of hydrogen-bond donors (Lipinski definition) is 0. The molecule has 1 atom stereocenters. The molecule has 0 heterocycles. The molecule has 1 unspecified atom stereocenters. The normalized spacial score (nSPS) is 12.9. The van der Waals surface area contributed by atoms with E-state index >= 15 is 0 Å². The lowest BCUT2D eigenvalue weighted by molar-refractivity contribution is -0.117. The Morgan fingerprint density at radius 1 is 1.25 bits per heavy atom. The fraction of sp³-hybridized carbons (Fsp3) is 0.800. The smallest absolute Gasteiger partial charge is 0.264 e. The standard InChI is InChI=1S/C10H18O5S/c1-4-13-10(2)14-8-6-5-7-9-15-16(3,11)12/h10H,4,7-9H2,1-3H3. The highest BCUT2D eigenvalue weighted by Gasteiger charge is 1.99. The molecule has 0 saturated carbocycles. The molecule has 0 N–H and O–H groups in total. The van der Waals surface area contributed by atoms with Gasteiger partial charge >= 0.3 is 0 Å². The van der Waals surface area contributed by atoms with Gasteiger partial charge in [0.1, 0.15) is 6.61 Å². The van der Waals surface area contributed by atoms with Crippen LogP contribution in [0.1, 0.15) is 20.3 Å². The van der Waals surface area contributed by atoms with Crippen molar-refractivity contribution < 1.29 is 22.1 Å². The van der Waals surface area contributed by atoms with E-state index in [1.54, 1.807) is 6.92 Å². The summed E-state index contributed by atoms with van der Waals surface area (Å²) < 4.78 is 35.9. The van der Waals surface area contributed by atoms with Gasteiger partial charge in [0, 0.05) is 13.0 Å². The van der Waals surface area contributed by atoms with Crippen molar-refractivity contribution in [3.05, 3.63) is 0 Å². The maximum absolute atomic E-state index is 10.6. The third kappa shape index (κ3) is 11.5. The summed E-state index contributed by atoms with van der Waals surface area (Å²) in [5.41, 5.74) is 0. The highest BCUT2D eigenvalue weighted by atomic mass is 32.2. The number of hydrogen-bond acceptors (Lipinski definition) is 5. The van der Waals surface area contributed by atoms with Crippen LogP contribution in [-0.2, 0) is 23.8 Å². The Kier molecular flexibility index (Phi) is 8.21. The van der Waals surface area contributed by atoms with Crippen molar-refractivity contribution >= 4 is 10.1 Å². The van der Waals surface area contributed by atoms with Crippen LogP contribution >= 0.6 is 0 Å². The molecule has 6 heteroatoms. The van der Waals surface area contributed by atoms with Gasteiger partial charge in [-0.15, -0.1) is 0 Å². The molecule has 0 saturated heterocycles. The Labute approximate surface area is 97.2 Å². The van der Waals surface area contributed by atoms with E-state index in [9.17, 15) is 8.42 Å². The van der Waals surface area contributed by atoms with Gasteiger partial charge in [0.05, 0.1) is 12.9 Å². The van der Waals surface area contributed by atoms with Crippen LogP contribution in [0, 0.1) is 11.8 Å². The van der Waals surface area contributed by atoms with Crippen molar-refractivity contribution in [2.45, 2.75) is 26.6 Å². The van der Waals surface area contributed by atoms with E-state index in [2.05, 4.69) is 16.0 Å². The van der Waals surface area contributed by atoms with Crippen molar-refractivity contribution in [2.24, 2.45) is 0 Å². The molecule has 0 bridgehead atoms. The molecule has 0 rings (SSSR count). The van der Waals surface area contributed by atoms with Crippen LogP contribution in [0.25, 0.3) is 0 Å². The van der Waals surface area contributed by atoms with Gasteiger partial charge in [0.25, 0.3) is 10.1 Å². The Hall–Kier alpha value is -0.610. The first kappa shape index (κ1) is 15.4. The third-order valence-electron chi connectivity index (χ3n) is 1.44. The van der Waals surface area contributed by atoms with Gasteiger partial charge in [-0.3, -0.25) is 4.18 Å². The molecule has 16 heavy (non-hydrogen) atoms. The predicted molar refractivity (Wildman–Crippen MR) is 60.2 cm³/mol. The molecule has 0 fully saturated rings. The molecular weight excluding hydrogens is 232 g/mol. The fourth-order valence-electron chi connectivity index (χ4n) is 0.825. The molecular formula is C10H18O5S. The van der Waals surface area contributed by atoms with E-state index in [-0.39, 0.29) is 19.5 Å². The van der Waals surface area contributed by atoms with Gasteiger partial charge in [-0.2, -0.15) is 8.42 Å². The predicted octanol–water partition coefficient (Wildman–Crippen LogP) is 0.755. The lowest BCUT2D eigenvalue weighted by atomic mass is 10.4. The summed E-state index contributed by atoms with van der Waals surface area (Å²) >= 11 is 0. The first-order valence-electron chi connectivity index (χ1n) is 4.99.